The molecule has 2 rings (SSSR count). The lowest BCUT2D eigenvalue weighted by molar-refractivity contribution is -0.119. The first-order valence-corrected chi connectivity index (χ1v) is 5.52. The highest BCUT2D eigenvalue weighted by Gasteiger charge is 2.28. The number of benzene rings is 1. The van der Waals surface area contributed by atoms with Gasteiger partial charge in [0.15, 0.2) is 0 Å². The van der Waals surface area contributed by atoms with E-state index >= 15 is 0 Å². The van der Waals surface area contributed by atoms with Gasteiger partial charge < -0.3 is 5.73 Å². The topological polar surface area (TPSA) is 43.1 Å². The van der Waals surface area contributed by atoms with Gasteiger partial charge in [0, 0.05) is 0 Å². The summed E-state index contributed by atoms with van der Waals surface area (Å²) in [5.41, 5.74) is 7.73. The van der Waals surface area contributed by atoms with E-state index in [4.69, 9.17) is 5.73 Å². The van der Waals surface area contributed by atoms with Crippen LogP contribution in [0.25, 0.3) is 0 Å². The molecule has 1 aliphatic carbocycles. The Balaban J connectivity index is 2.15. The standard InChI is InChI=1S/C13H17NO/c1-9-2-6-11(7-3-9)12(13(14)15)8-10-4-5-10/h2-3,6-7,10,12H,4-5,8H2,1H3,(H2,14,15). The molecule has 1 unspecified atom stereocenters. The molecule has 1 fully saturated rings. The van der Waals surface area contributed by atoms with E-state index in [0.29, 0.717) is 0 Å². The number of hydrogen-bond donors (Lipinski definition) is 1. The summed E-state index contributed by atoms with van der Waals surface area (Å²) < 4.78 is 0. The number of hydrogen-bond acceptors (Lipinski definition) is 1. The lowest BCUT2D eigenvalue weighted by Gasteiger charge is -2.13. The third-order valence-electron chi connectivity index (χ3n) is 3.09. The average Bonchev–Trinajstić information content (AvgIpc) is 2.99. The van der Waals surface area contributed by atoms with Crippen molar-refractivity contribution < 1.29 is 4.79 Å². The molecular weight excluding hydrogens is 186 g/mol. The maximum Gasteiger partial charge on any atom is 0.224 e. The van der Waals surface area contributed by atoms with Crippen LogP contribution < -0.4 is 5.73 Å². The fraction of sp³-hybridized carbons (Fsp3) is 0.462. The zero-order valence-electron chi connectivity index (χ0n) is 9.07. The Kier molecular flexibility index (Phi) is 2.76. The molecule has 2 heteroatoms. The number of aryl methyl sites for hydroxylation is 1. The molecule has 2 nitrogen and oxygen atoms in total. The van der Waals surface area contributed by atoms with Crippen LogP contribution >= 0.6 is 0 Å². The third-order valence-corrected chi connectivity index (χ3v) is 3.09. The van der Waals surface area contributed by atoms with Crippen molar-refractivity contribution in [2.24, 2.45) is 11.7 Å². The van der Waals surface area contributed by atoms with Crippen LogP contribution in [0.3, 0.4) is 0 Å². The van der Waals surface area contributed by atoms with Gasteiger partial charge in [-0.05, 0) is 24.8 Å². The van der Waals surface area contributed by atoms with Crippen molar-refractivity contribution in [2.75, 3.05) is 0 Å². The molecule has 0 bridgehead atoms. The third kappa shape index (κ3) is 2.58. The molecule has 15 heavy (non-hydrogen) atoms. The molecule has 1 atom stereocenters. The van der Waals surface area contributed by atoms with Crippen molar-refractivity contribution in [3.05, 3.63) is 35.4 Å². The first-order chi connectivity index (χ1) is 7.16. The van der Waals surface area contributed by atoms with Crippen LogP contribution in [0.1, 0.15) is 36.3 Å². The first-order valence-electron chi connectivity index (χ1n) is 5.52. The summed E-state index contributed by atoms with van der Waals surface area (Å²) in [6, 6.07) is 8.12. The van der Waals surface area contributed by atoms with E-state index in [-0.39, 0.29) is 11.8 Å². The second kappa shape index (κ2) is 4.05. The number of primary amides is 1. The number of nitrogens with two attached hydrogens (primary N) is 1. The fourth-order valence-corrected chi connectivity index (χ4v) is 1.90. The second-order valence-corrected chi connectivity index (χ2v) is 4.54. The second-order valence-electron chi connectivity index (χ2n) is 4.54. The Morgan fingerprint density at radius 3 is 2.47 bits per heavy atom. The molecule has 0 radical (unpaired) electrons. The largest absolute Gasteiger partial charge is 0.369 e. The summed E-state index contributed by atoms with van der Waals surface area (Å²) in [5.74, 6) is 0.452. The fourth-order valence-electron chi connectivity index (χ4n) is 1.90. The van der Waals surface area contributed by atoms with Crippen LogP contribution in [0.15, 0.2) is 24.3 Å². The van der Waals surface area contributed by atoms with E-state index in [1.54, 1.807) is 0 Å². The highest BCUT2D eigenvalue weighted by Crippen LogP contribution is 2.38. The molecule has 0 heterocycles. The van der Waals surface area contributed by atoms with Crippen LogP contribution in [0.2, 0.25) is 0 Å². The van der Waals surface area contributed by atoms with Crippen molar-refractivity contribution >= 4 is 5.91 Å². The van der Waals surface area contributed by atoms with Crippen molar-refractivity contribution in [3.8, 4) is 0 Å². The SMILES string of the molecule is Cc1ccc(C(CC2CC2)C(N)=O)cc1. The van der Waals surface area contributed by atoms with E-state index in [1.807, 2.05) is 31.2 Å². The minimum absolute atomic E-state index is 0.0851. The molecule has 0 spiro atoms. The van der Waals surface area contributed by atoms with Crippen molar-refractivity contribution in [3.63, 3.8) is 0 Å². The normalized spacial score (nSPS) is 17.4. The molecule has 2 N–H and O–H groups in total. The van der Waals surface area contributed by atoms with Gasteiger partial charge in [-0.2, -0.15) is 0 Å². The van der Waals surface area contributed by atoms with Gasteiger partial charge in [0.2, 0.25) is 5.91 Å². The van der Waals surface area contributed by atoms with Crippen LogP contribution in [0.5, 0.6) is 0 Å². The smallest absolute Gasteiger partial charge is 0.224 e. The molecule has 1 aromatic rings. The highest BCUT2D eigenvalue weighted by atomic mass is 16.1. The molecule has 0 saturated heterocycles. The zero-order chi connectivity index (χ0) is 10.8. The molecular formula is C13H17NO. The number of amides is 1. The van der Waals surface area contributed by atoms with Gasteiger partial charge in [-0.15, -0.1) is 0 Å². The van der Waals surface area contributed by atoms with Gasteiger partial charge in [-0.1, -0.05) is 42.7 Å². The monoisotopic (exact) mass is 203 g/mol. The molecule has 1 saturated carbocycles. The number of carbonyl (C=O) groups excluding carboxylic acids is 1. The molecule has 0 aliphatic heterocycles. The minimum atomic E-state index is -0.189. The van der Waals surface area contributed by atoms with E-state index in [1.165, 1.54) is 18.4 Å². The molecule has 0 aromatic heterocycles. The van der Waals surface area contributed by atoms with Gasteiger partial charge in [0.05, 0.1) is 5.92 Å². The first kappa shape index (κ1) is 10.2. The summed E-state index contributed by atoms with van der Waals surface area (Å²) in [6.45, 7) is 2.05. The zero-order valence-corrected chi connectivity index (χ0v) is 9.07. The predicted molar refractivity (Wildman–Crippen MR) is 60.5 cm³/mol. The van der Waals surface area contributed by atoms with Gasteiger partial charge >= 0.3 is 0 Å². The summed E-state index contributed by atoms with van der Waals surface area (Å²) in [6.07, 6.45) is 3.45. The average molecular weight is 203 g/mol. The Morgan fingerprint density at radius 2 is 2.00 bits per heavy atom. The maximum absolute atomic E-state index is 11.4. The van der Waals surface area contributed by atoms with E-state index in [9.17, 15) is 4.79 Å². The number of carbonyl (C=O) groups is 1. The quantitative estimate of drug-likeness (QED) is 0.802. The highest BCUT2D eigenvalue weighted by molar-refractivity contribution is 5.81. The van der Waals surface area contributed by atoms with Gasteiger partial charge in [0.1, 0.15) is 0 Å². The lowest BCUT2D eigenvalue weighted by atomic mass is 9.92. The predicted octanol–water partition coefficient (Wildman–Crippen LogP) is 2.36. The Morgan fingerprint density at radius 1 is 1.40 bits per heavy atom. The van der Waals surface area contributed by atoms with E-state index in [2.05, 4.69) is 0 Å². The Labute approximate surface area is 90.5 Å². The van der Waals surface area contributed by atoms with E-state index < -0.39 is 0 Å². The lowest BCUT2D eigenvalue weighted by Crippen LogP contribution is -2.21. The van der Waals surface area contributed by atoms with Crippen LogP contribution in [-0.4, -0.2) is 5.91 Å². The maximum atomic E-state index is 11.4. The van der Waals surface area contributed by atoms with Crippen LogP contribution in [0.4, 0.5) is 0 Å². The summed E-state index contributed by atoms with van der Waals surface area (Å²) in [4.78, 5) is 11.4. The van der Waals surface area contributed by atoms with Crippen molar-refractivity contribution in [1.29, 1.82) is 0 Å². The molecule has 80 valence electrons. The van der Waals surface area contributed by atoms with Gasteiger partial charge in [-0.3, -0.25) is 4.79 Å². The van der Waals surface area contributed by atoms with Crippen molar-refractivity contribution in [2.45, 2.75) is 32.1 Å². The molecule has 1 aliphatic rings. The summed E-state index contributed by atoms with van der Waals surface area (Å²) in [7, 11) is 0. The minimum Gasteiger partial charge on any atom is -0.369 e. The van der Waals surface area contributed by atoms with E-state index in [0.717, 1.165) is 17.9 Å². The Hall–Kier alpha value is -1.31. The molecule has 1 amide bonds. The van der Waals surface area contributed by atoms with Crippen molar-refractivity contribution in [1.82, 2.24) is 0 Å². The Bertz CT molecular complexity index is 351. The molecule has 1 aromatic carbocycles. The van der Waals surface area contributed by atoms with Crippen LogP contribution in [-0.2, 0) is 4.79 Å². The van der Waals surface area contributed by atoms with Gasteiger partial charge in [-0.25, -0.2) is 0 Å². The summed E-state index contributed by atoms with van der Waals surface area (Å²) in [5, 5.41) is 0. The number of rotatable bonds is 4. The van der Waals surface area contributed by atoms with Crippen LogP contribution in [0, 0.1) is 12.8 Å². The van der Waals surface area contributed by atoms with Gasteiger partial charge in [0.25, 0.3) is 0 Å². The summed E-state index contributed by atoms with van der Waals surface area (Å²) >= 11 is 0.